The predicted octanol–water partition coefficient (Wildman–Crippen LogP) is -0.000900. The monoisotopic (exact) mass is 452 g/mol. The number of rotatable bonds is 5. The van der Waals surface area contributed by atoms with Gasteiger partial charge in [-0.15, -0.1) is 5.10 Å². The lowest BCUT2D eigenvalue weighted by molar-refractivity contribution is 0.205. The number of anilines is 2. The van der Waals surface area contributed by atoms with Gasteiger partial charge in [-0.05, 0) is 30.7 Å². The first-order valence-electron chi connectivity index (χ1n) is 10.2. The summed E-state index contributed by atoms with van der Waals surface area (Å²) < 4.78 is 29.2. The van der Waals surface area contributed by atoms with E-state index in [0.29, 0.717) is 17.6 Å². The number of nitrogens with zero attached hydrogens (tertiary/aromatic N) is 5. The highest BCUT2D eigenvalue weighted by molar-refractivity contribution is 6.62. The first-order valence-corrected chi connectivity index (χ1v) is 10.2. The molecule has 1 aliphatic rings. The number of alkyl halides is 1. The van der Waals surface area contributed by atoms with Crippen molar-refractivity contribution in [3.8, 4) is 5.69 Å². The van der Waals surface area contributed by atoms with Gasteiger partial charge in [-0.2, -0.15) is 0 Å². The highest BCUT2D eigenvalue weighted by Gasteiger charge is 2.31. The molecule has 0 aliphatic carbocycles. The van der Waals surface area contributed by atoms with Crippen LogP contribution in [-0.4, -0.2) is 100 Å². The lowest BCUT2D eigenvalue weighted by Crippen LogP contribution is -2.64. The maximum absolute atomic E-state index is 14.6. The van der Waals surface area contributed by atoms with Gasteiger partial charge in [0.25, 0.3) is 0 Å². The van der Waals surface area contributed by atoms with Crippen LogP contribution in [0.3, 0.4) is 0 Å². The molecule has 8 nitrogen and oxygen atoms in total. The number of carbonyl (C=O) groups excluding carboxylic acids is 1. The average Bonchev–Trinajstić information content (AvgIpc) is 3.33. The van der Waals surface area contributed by atoms with Gasteiger partial charge in [0.05, 0.1) is 42.0 Å². The smallest absolute Gasteiger partial charge is 0.321 e. The number of hydrogen-bond acceptors (Lipinski definition) is 5. The maximum Gasteiger partial charge on any atom is 0.321 e. The molecule has 4 rings (SSSR count). The summed E-state index contributed by atoms with van der Waals surface area (Å²) in [7, 11) is 28.1. The van der Waals surface area contributed by atoms with Gasteiger partial charge in [0.1, 0.15) is 33.4 Å². The number of fused-ring (bicyclic) bond motifs is 1. The van der Waals surface area contributed by atoms with Crippen LogP contribution in [0.4, 0.5) is 25.0 Å². The van der Waals surface area contributed by atoms with E-state index in [0.717, 1.165) is 11.0 Å². The Morgan fingerprint density at radius 1 is 1.24 bits per heavy atom. The molecule has 15 heteroatoms. The van der Waals surface area contributed by atoms with Gasteiger partial charge in [-0.25, -0.2) is 23.2 Å². The van der Waals surface area contributed by atoms with E-state index >= 15 is 0 Å². The second-order valence-electron chi connectivity index (χ2n) is 8.11. The van der Waals surface area contributed by atoms with Crippen LogP contribution in [0.1, 0.15) is 6.42 Å². The lowest BCUT2D eigenvalue weighted by atomic mass is 9.46. The molecule has 2 N–H and O–H groups in total. The summed E-state index contributed by atoms with van der Waals surface area (Å²) >= 11 is 0. The highest BCUT2D eigenvalue weighted by Crippen LogP contribution is 2.28. The Bertz CT molecular complexity index is 1220. The molecule has 10 radical (unpaired) electrons. The third kappa shape index (κ3) is 4.94. The topological polar surface area (TPSA) is 86.5 Å². The quantitative estimate of drug-likeness (QED) is 0.421. The van der Waals surface area contributed by atoms with E-state index in [2.05, 4.69) is 15.4 Å². The van der Waals surface area contributed by atoms with Crippen molar-refractivity contribution in [1.82, 2.24) is 19.7 Å². The highest BCUT2D eigenvalue weighted by atomic mass is 19.1. The molecule has 0 spiro atoms. The van der Waals surface area contributed by atoms with Crippen LogP contribution in [0.2, 0.25) is 0 Å². The fraction of sp³-hybridized carbons (Fsp3) is 0.316. The lowest BCUT2D eigenvalue weighted by Gasteiger charge is -2.48. The van der Waals surface area contributed by atoms with Crippen LogP contribution >= 0.6 is 0 Å². The number of carbonyl (C=O) groups is 1. The zero-order valence-electron chi connectivity index (χ0n) is 17.9. The van der Waals surface area contributed by atoms with Crippen LogP contribution in [0, 0.1) is 5.82 Å². The third-order valence-electron chi connectivity index (χ3n) is 5.21. The number of halogens is 2. The molecular weight excluding hydrogens is 436 g/mol. The Morgan fingerprint density at radius 2 is 1.97 bits per heavy atom. The predicted molar refractivity (Wildman–Crippen MR) is 128 cm³/mol. The molecule has 1 aromatic carbocycles. The van der Waals surface area contributed by atoms with Crippen molar-refractivity contribution in [2.24, 2.45) is 0 Å². The molecule has 1 fully saturated rings. The minimum atomic E-state index is -2.51. The number of urea groups is 1. The van der Waals surface area contributed by atoms with Crippen LogP contribution < -0.4 is 10.2 Å². The van der Waals surface area contributed by atoms with E-state index < -0.39 is 28.8 Å². The number of nitrogens with one attached hydrogen (secondary N) is 1. The Kier molecular flexibility index (Phi) is 6.18. The van der Waals surface area contributed by atoms with Crippen LogP contribution in [0.5, 0.6) is 0 Å². The van der Waals surface area contributed by atoms with Crippen molar-refractivity contribution in [2.45, 2.75) is 23.4 Å². The van der Waals surface area contributed by atoms with Crippen molar-refractivity contribution >= 4 is 67.7 Å². The van der Waals surface area contributed by atoms with Gasteiger partial charge in [-0.3, -0.25) is 0 Å². The van der Waals surface area contributed by atoms with E-state index in [9.17, 15) is 18.7 Å². The average molecular weight is 451 g/mol. The second-order valence-corrected chi connectivity index (χ2v) is 8.11. The van der Waals surface area contributed by atoms with Gasteiger partial charge in [0.2, 0.25) is 0 Å². The molecule has 2 aromatic heterocycles. The standard InChI is InChI=1S/C19H15B5F2N6O2/c20-18(21,22)32(19(23,24)34)13-5-10-8-31(29-16(10)27-7-13)15-6-12(1-2-14(15)26)28-17(33)30-4-3-11(25)9-30/h1-2,5-8,11,34H,3-4,9H2,(H,28,33). The summed E-state index contributed by atoms with van der Waals surface area (Å²) in [5.41, 5.74) is -1.93. The molecule has 2 amide bonds. The van der Waals surface area contributed by atoms with E-state index in [-0.39, 0.29) is 30.0 Å². The zero-order valence-corrected chi connectivity index (χ0v) is 17.9. The fourth-order valence-corrected chi connectivity index (χ4v) is 3.76. The summed E-state index contributed by atoms with van der Waals surface area (Å²) in [5.74, 6) is -0.624. The number of aromatic nitrogens is 3. The van der Waals surface area contributed by atoms with Crippen molar-refractivity contribution in [3.05, 3.63) is 42.5 Å². The molecule has 1 aliphatic heterocycles. The number of hydrogen-bond donors (Lipinski definition) is 2. The summed E-state index contributed by atoms with van der Waals surface area (Å²) in [6.07, 6.45) is 1.89. The molecule has 1 saturated heterocycles. The molecule has 0 bridgehead atoms. The van der Waals surface area contributed by atoms with Crippen molar-refractivity contribution in [2.75, 3.05) is 23.3 Å². The maximum atomic E-state index is 14.6. The van der Waals surface area contributed by atoms with Crippen molar-refractivity contribution in [3.63, 3.8) is 0 Å². The Hall–Kier alpha value is -2.95. The Balaban J connectivity index is 1.65. The van der Waals surface area contributed by atoms with E-state index in [1.54, 1.807) is 0 Å². The number of aliphatic hydroxyl groups is 1. The number of pyridine rings is 1. The van der Waals surface area contributed by atoms with Crippen LogP contribution in [0.15, 0.2) is 36.7 Å². The molecule has 1 unspecified atom stereocenters. The van der Waals surface area contributed by atoms with Crippen LogP contribution in [0.25, 0.3) is 16.7 Å². The first-order chi connectivity index (χ1) is 15.8. The Labute approximate surface area is 201 Å². The number of benzene rings is 1. The van der Waals surface area contributed by atoms with E-state index in [4.69, 9.17) is 39.2 Å². The van der Waals surface area contributed by atoms with Gasteiger partial charge in [-0.1, -0.05) is 5.24 Å². The minimum absolute atomic E-state index is 0.00582. The molecule has 3 heterocycles. The van der Waals surface area contributed by atoms with Crippen molar-refractivity contribution in [1.29, 1.82) is 0 Å². The molecule has 162 valence electrons. The summed E-state index contributed by atoms with van der Waals surface area (Å²) in [6.45, 7) is 0.304. The van der Waals surface area contributed by atoms with E-state index in [1.807, 2.05) is 0 Å². The van der Waals surface area contributed by atoms with Gasteiger partial charge < -0.3 is 20.2 Å². The first kappa shape index (κ1) is 24.2. The minimum Gasteiger partial charge on any atom is -0.390 e. The van der Waals surface area contributed by atoms with Gasteiger partial charge in [0, 0.05) is 29.3 Å². The van der Waals surface area contributed by atoms with Crippen LogP contribution in [-0.2, 0) is 0 Å². The summed E-state index contributed by atoms with van der Waals surface area (Å²) in [4.78, 5) is 18.6. The molecule has 0 saturated carbocycles. The largest absolute Gasteiger partial charge is 0.390 e. The number of amides is 2. The summed E-state index contributed by atoms with van der Waals surface area (Å²) in [6, 6.07) is 4.87. The van der Waals surface area contributed by atoms with Gasteiger partial charge >= 0.3 is 6.03 Å². The SMILES string of the molecule is [B]C([B])([B])N(c1cnc2nn(-c3cc(NC(=O)N4CCC(F)C4)ccc3F)cc2c1)C([B])([B])O. The molecular formula is C19H15B5F2N6O2. The van der Waals surface area contributed by atoms with E-state index in [1.165, 1.54) is 40.2 Å². The Morgan fingerprint density at radius 3 is 2.59 bits per heavy atom. The summed E-state index contributed by atoms with van der Waals surface area (Å²) in [5, 5.41) is 15.1. The van der Waals surface area contributed by atoms with Gasteiger partial charge in [0.15, 0.2) is 5.65 Å². The normalized spacial score (nSPS) is 16.7. The zero-order chi connectivity index (χ0) is 24.8. The molecule has 3 aromatic rings. The molecule has 34 heavy (non-hydrogen) atoms. The van der Waals surface area contributed by atoms with Crippen molar-refractivity contribution < 1.29 is 18.7 Å². The second kappa shape index (κ2) is 8.68. The fourth-order valence-electron chi connectivity index (χ4n) is 3.76. The third-order valence-corrected chi connectivity index (χ3v) is 5.21. The molecule has 1 atom stereocenters. The number of likely N-dealkylation sites (tertiary alicyclic amines) is 1.